The maximum absolute atomic E-state index is 3.70. The lowest BCUT2D eigenvalue weighted by molar-refractivity contribution is 0.117. The van der Waals surface area contributed by atoms with Gasteiger partial charge in [-0.25, -0.2) is 0 Å². The van der Waals surface area contributed by atoms with Crippen LogP contribution in [0.1, 0.15) is 73.1 Å². The van der Waals surface area contributed by atoms with E-state index in [9.17, 15) is 0 Å². The predicted octanol–water partition coefficient (Wildman–Crippen LogP) is 4.30. The Bertz CT molecular complexity index is 252. The summed E-state index contributed by atoms with van der Waals surface area (Å²) in [4.78, 5) is 2.76. The molecular formula is C18H38N2. The lowest BCUT2D eigenvalue weighted by Gasteiger charge is -2.38. The van der Waals surface area contributed by atoms with Crippen LogP contribution in [0.3, 0.4) is 0 Å². The van der Waals surface area contributed by atoms with Gasteiger partial charge in [0.2, 0.25) is 0 Å². The molecule has 0 radical (unpaired) electrons. The van der Waals surface area contributed by atoms with E-state index in [0.717, 1.165) is 18.5 Å². The molecule has 0 aromatic rings. The number of nitrogens with zero attached hydrogens (tertiary/aromatic N) is 1. The first-order valence-corrected chi connectivity index (χ1v) is 8.91. The summed E-state index contributed by atoms with van der Waals surface area (Å²) in [5.74, 6) is 0.748. The molecule has 0 aromatic carbocycles. The maximum atomic E-state index is 3.70. The third kappa shape index (κ3) is 6.58. The van der Waals surface area contributed by atoms with Gasteiger partial charge >= 0.3 is 0 Å². The Hall–Kier alpha value is -0.0800. The fourth-order valence-corrected chi connectivity index (χ4v) is 3.55. The van der Waals surface area contributed by atoms with Crippen LogP contribution >= 0.6 is 0 Å². The van der Waals surface area contributed by atoms with E-state index in [-0.39, 0.29) is 0 Å². The van der Waals surface area contributed by atoms with Crippen LogP contribution in [0.4, 0.5) is 0 Å². The highest BCUT2D eigenvalue weighted by Gasteiger charge is 2.28. The molecule has 1 aliphatic rings. The smallest absolute Gasteiger partial charge is 0.00671 e. The second kappa shape index (κ2) is 9.04. The van der Waals surface area contributed by atoms with Gasteiger partial charge in [-0.05, 0) is 50.6 Å². The SMILES string of the molecule is CCCC(C)(CNCC(C)C)CN1CCCCCC1C. The molecule has 1 rings (SSSR count). The number of nitrogens with one attached hydrogen (secondary N) is 1. The fourth-order valence-electron chi connectivity index (χ4n) is 3.55. The summed E-state index contributed by atoms with van der Waals surface area (Å²) in [5, 5.41) is 3.70. The number of hydrogen-bond donors (Lipinski definition) is 1. The van der Waals surface area contributed by atoms with Crippen LogP contribution < -0.4 is 5.32 Å². The molecule has 0 aromatic heterocycles. The highest BCUT2D eigenvalue weighted by Crippen LogP contribution is 2.27. The van der Waals surface area contributed by atoms with Crippen LogP contribution in [0.2, 0.25) is 0 Å². The summed E-state index contributed by atoms with van der Waals surface area (Å²) in [6, 6.07) is 0.777. The van der Waals surface area contributed by atoms with Crippen molar-refractivity contribution >= 4 is 0 Å². The van der Waals surface area contributed by atoms with Crippen molar-refractivity contribution in [1.82, 2.24) is 10.2 Å². The molecule has 2 heteroatoms. The van der Waals surface area contributed by atoms with E-state index in [1.807, 2.05) is 0 Å². The van der Waals surface area contributed by atoms with Crippen LogP contribution in [-0.2, 0) is 0 Å². The molecule has 120 valence electrons. The summed E-state index contributed by atoms with van der Waals surface area (Å²) in [6.45, 7) is 16.7. The lowest BCUT2D eigenvalue weighted by Crippen LogP contribution is -2.46. The van der Waals surface area contributed by atoms with E-state index in [4.69, 9.17) is 0 Å². The quantitative estimate of drug-likeness (QED) is 0.714. The van der Waals surface area contributed by atoms with Gasteiger partial charge in [0, 0.05) is 19.1 Å². The Morgan fingerprint density at radius 3 is 2.65 bits per heavy atom. The summed E-state index contributed by atoms with van der Waals surface area (Å²) in [7, 11) is 0. The first kappa shape index (κ1) is 18.0. The molecule has 1 aliphatic heterocycles. The van der Waals surface area contributed by atoms with E-state index in [0.29, 0.717) is 5.41 Å². The Kier molecular flexibility index (Phi) is 8.13. The second-order valence-electron chi connectivity index (χ2n) is 7.75. The molecule has 0 bridgehead atoms. The van der Waals surface area contributed by atoms with Crippen molar-refractivity contribution in [3.05, 3.63) is 0 Å². The predicted molar refractivity (Wildman–Crippen MR) is 90.2 cm³/mol. The number of rotatable bonds is 8. The van der Waals surface area contributed by atoms with Gasteiger partial charge in [0.05, 0.1) is 0 Å². The van der Waals surface area contributed by atoms with Crippen LogP contribution in [0.5, 0.6) is 0 Å². The molecule has 2 nitrogen and oxygen atoms in total. The summed E-state index contributed by atoms with van der Waals surface area (Å²) in [5.41, 5.74) is 0.433. The van der Waals surface area contributed by atoms with E-state index >= 15 is 0 Å². The van der Waals surface area contributed by atoms with E-state index in [1.54, 1.807) is 0 Å². The summed E-state index contributed by atoms with van der Waals surface area (Å²) >= 11 is 0. The van der Waals surface area contributed by atoms with Crippen molar-refractivity contribution in [3.63, 3.8) is 0 Å². The van der Waals surface area contributed by atoms with Gasteiger partial charge in [0.25, 0.3) is 0 Å². The van der Waals surface area contributed by atoms with Gasteiger partial charge in [-0.2, -0.15) is 0 Å². The van der Waals surface area contributed by atoms with Crippen molar-refractivity contribution in [2.24, 2.45) is 11.3 Å². The van der Waals surface area contributed by atoms with Crippen molar-refractivity contribution < 1.29 is 0 Å². The topological polar surface area (TPSA) is 15.3 Å². The van der Waals surface area contributed by atoms with E-state index in [2.05, 4.69) is 44.8 Å². The standard InChI is InChI=1S/C18H38N2/c1-6-11-18(5,14-19-13-16(2)3)15-20-12-9-7-8-10-17(20)4/h16-17,19H,6-15H2,1-5H3. The molecule has 1 N–H and O–H groups in total. The maximum Gasteiger partial charge on any atom is 0.00671 e. The van der Waals surface area contributed by atoms with Crippen molar-refractivity contribution in [1.29, 1.82) is 0 Å². The van der Waals surface area contributed by atoms with Gasteiger partial charge in [0.1, 0.15) is 0 Å². The molecule has 0 spiro atoms. The highest BCUT2D eigenvalue weighted by atomic mass is 15.2. The molecule has 0 saturated carbocycles. The van der Waals surface area contributed by atoms with Crippen LogP contribution in [-0.4, -0.2) is 37.1 Å². The van der Waals surface area contributed by atoms with Crippen LogP contribution in [0, 0.1) is 11.3 Å². The van der Waals surface area contributed by atoms with Gasteiger partial charge < -0.3 is 10.2 Å². The third-order valence-corrected chi connectivity index (χ3v) is 4.73. The fraction of sp³-hybridized carbons (Fsp3) is 1.00. The normalized spacial score (nSPS) is 24.6. The minimum Gasteiger partial charge on any atom is -0.316 e. The molecule has 0 amide bonds. The van der Waals surface area contributed by atoms with Crippen LogP contribution in [0.15, 0.2) is 0 Å². The molecule has 1 saturated heterocycles. The largest absolute Gasteiger partial charge is 0.316 e. The highest BCUT2D eigenvalue weighted by molar-refractivity contribution is 4.84. The molecule has 1 heterocycles. The van der Waals surface area contributed by atoms with Crippen molar-refractivity contribution in [2.75, 3.05) is 26.2 Å². The molecular weight excluding hydrogens is 244 g/mol. The minimum absolute atomic E-state index is 0.433. The zero-order chi connectivity index (χ0) is 15.0. The zero-order valence-corrected chi connectivity index (χ0v) is 14.7. The second-order valence-corrected chi connectivity index (χ2v) is 7.75. The first-order chi connectivity index (χ1) is 9.47. The Balaban J connectivity index is 2.54. The summed E-state index contributed by atoms with van der Waals surface area (Å²) in [6.07, 6.45) is 8.27. The Labute approximate surface area is 127 Å². The monoisotopic (exact) mass is 282 g/mol. The average Bonchev–Trinajstić information content (AvgIpc) is 2.55. The minimum atomic E-state index is 0.433. The molecule has 2 atom stereocenters. The zero-order valence-electron chi connectivity index (χ0n) is 14.7. The number of hydrogen-bond acceptors (Lipinski definition) is 2. The van der Waals surface area contributed by atoms with Gasteiger partial charge in [-0.15, -0.1) is 0 Å². The molecule has 0 aliphatic carbocycles. The van der Waals surface area contributed by atoms with Crippen molar-refractivity contribution in [2.45, 2.75) is 79.2 Å². The first-order valence-electron chi connectivity index (χ1n) is 8.91. The number of likely N-dealkylation sites (tertiary alicyclic amines) is 1. The van der Waals surface area contributed by atoms with Crippen LogP contribution in [0.25, 0.3) is 0 Å². The molecule has 20 heavy (non-hydrogen) atoms. The third-order valence-electron chi connectivity index (χ3n) is 4.73. The average molecular weight is 283 g/mol. The Morgan fingerprint density at radius 2 is 2.00 bits per heavy atom. The van der Waals surface area contributed by atoms with E-state index in [1.165, 1.54) is 58.2 Å². The summed E-state index contributed by atoms with van der Waals surface area (Å²) < 4.78 is 0. The lowest BCUT2D eigenvalue weighted by atomic mass is 9.84. The van der Waals surface area contributed by atoms with Crippen molar-refractivity contribution in [3.8, 4) is 0 Å². The molecule has 1 fully saturated rings. The molecule has 2 unspecified atom stereocenters. The van der Waals surface area contributed by atoms with Gasteiger partial charge in [0.15, 0.2) is 0 Å². The van der Waals surface area contributed by atoms with E-state index < -0.39 is 0 Å². The van der Waals surface area contributed by atoms with Gasteiger partial charge in [-0.3, -0.25) is 0 Å². The van der Waals surface area contributed by atoms with Gasteiger partial charge in [-0.1, -0.05) is 47.0 Å². The Morgan fingerprint density at radius 1 is 1.25 bits per heavy atom.